The fourth-order valence-electron chi connectivity index (χ4n) is 4.09. The zero-order valence-corrected chi connectivity index (χ0v) is 18.6. The summed E-state index contributed by atoms with van der Waals surface area (Å²) in [7, 11) is 0. The molecule has 2 aromatic carbocycles. The smallest absolute Gasteiger partial charge is 0.265 e. The van der Waals surface area contributed by atoms with Crippen LogP contribution in [0.2, 0.25) is 0 Å². The number of nitrogens with zero attached hydrogens (tertiary/aromatic N) is 3. The third-order valence-electron chi connectivity index (χ3n) is 5.79. The van der Waals surface area contributed by atoms with Crippen LogP contribution in [-0.2, 0) is 16.0 Å². The summed E-state index contributed by atoms with van der Waals surface area (Å²) in [6, 6.07) is 17.4. The van der Waals surface area contributed by atoms with Crippen molar-refractivity contribution in [2.24, 2.45) is 0 Å². The van der Waals surface area contributed by atoms with Crippen LogP contribution in [0.3, 0.4) is 0 Å². The maximum atomic E-state index is 12.7. The number of para-hydroxylation sites is 1. The van der Waals surface area contributed by atoms with Crippen LogP contribution in [0.4, 0.5) is 23.0 Å². The lowest BCUT2D eigenvalue weighted by Crippen LogP contribution is -2.36. The highest BCUT2D eigenvalue weighted by molar-refractivity contribution is 5.94. The minimum absolute atomic E-state index is 0.133. The molecule has 33 heavy (non-hydrogen) atoms. The summed E-state index contributed by atoms with van der Waals surface area (Å²) in [5.74, 6) is 2.99. The van der Waals surface area contributed by atoms with Gasteiger partial charge in [-0.25, -0.2) is 9.97 Å². The Kier molecular flexibility index (Phi) is 6.08. The van der Waals surface area contributed by atoms with Gasteiger partial charge in [-0.2, -0.15) is 0 Å². The molecule has 170 valence electrons. The first-order valence-electron chi connectivity index (χ1n) is 11.2. The monoisotopic (exact) mass is 445 g/mol. The molecule has 2 aliphatic heterocycles. The highest BCUT2D eigenvalue weighted by Gasteiger charge is 2.25. The van der Waals surface area contributed by atoms with E-state index in [1.165, 1.54) is 0 Å². The number of amides is 1. The summed E-state index contributed by atoms with van der Waals surface area (Å²) in [6.07, 6.45) is 1.02. The fourth-order valence-corrected chi connectivity index (χ4v) is 4.09. The predicted molar refractivity (Wildman–Crippen MR) is 127 cm³/mol. The van der Waals surface area contributed by atoms with Crippen LogP contribution in [0.25, 0.3) is 0 Å². The number of rotatable bonds is 5. The first-order chi connectivity index (χ1) is 16.1. The molecule has 0 saturated carbocycles. The number of aryl methyl sites for hydroxylation is 2. The van der Waals surface area contributed by atoms with E-state index >= 15 is 0 Å². The van der Waals surface area contributed by atoms with Crippen molar-refractivity contribution in [3.8, 4) is 5.75 Å². The molecule has 0 bridgehead atoms. The molecule has 8 heteroatoms. The van der Waals surface area contributed by atoms with Crippen molar-refractivity contribution in [1.82, 2.24) is 9.97 Å². The Hall–Kier alpha value is -3.65. The van der Waals surface area contributed by atoms with Crippen molar-refractivity contribution in [2.75, 3.05) is 41.8 Å². The van der Waals surface area contributed by atoms with Crippen LogP contribution in [0.5, 0.6) is 5.75 Å². The number of anilines is 4. The van der Waals surface area contributed by atoms with Crippen LogP contribution in [0.1, 0.15) is 17.8 Å². The minimum Gasteiger partial charge on any atom is -0.480 e. The molecule has 1 amide bonds. The maximum absolute atomic E-state index is 12.7. The number of nitrogens with one attached hydrogen (secondary N) is 2. The Morgan fingerprint density at radius 3 is 2.61 bits per heavy atom. The lowest BCUT2D eigenvalue weighted by Gasteiger charge is -2.28. The van der Waals surface area contributed by atoms with Gasteiger partial charge in [0.2, 0.25) is 0 Å². The van der Waals surface area contributed by atoms with Crippen molar-refractivity contribution >= 4 is 28.9 Å². The standard InChI is InChI=1S/C25H27N5O3/c1-17-26-23(16-24(27-17)30-12-14-32-15-13-30)28-19-7-9-20(10-8-19)29-25(31)22-11-6-18-4-2-3-5-21(18)33-22/h2-5,7-10,16,22H,6,11-15H2,1H3,(H,29,31)(H,26,27,28). The van der Waals surface area contributed by atoms with Crippen molar-refractivity contribution in [2.45, 2.75) is 25.9 Å². The van der Waals surface area contributed by atoms with Crippen LogP contribution in [-0.4, -0.2) is 48.3 Å². The molecule has 1 aromatic heterocycles. The fraction of sp³-hybridized carbons (Fsp3) is 0.320. The zero-order chi connectivity index (χ0) is 22.6. The van der Waals surface area contributed by atoms with E-state index in [0.29, 0.717) is 25.5 Å². The van der Waals surface area contributed by atoms with Gasteiger partial charge in [-0.3, -0.25) is 4.79 Å². The van der Waals surface area contributed by atoms with Crippen LogP contribution in [0.15, 0.2) is 54.6 Å². The summed E-state index contributed by atoms with van der Waals surface area (Å²) in [5.41, 5.74) is 2.75. The largest absolute Gasteiger partial charge is 0.480 e. The van der Waals surface area contributed by atoms with Gasteiger partial charge in [0, 0.05) is 30.5 Å². The topological polar surface area (TPSA) is 88.6 Å². The van der Waals surface area contributed by atoms with E-state index in [2.05, 4.69) is 25.5 Å². The van der Waals surface area contributed by atoms with Crippen LogP contribution < -0.4 is 20.3 Å². The lowest BCUT2D eigenvalue weighted by atomic mass is 10.0. The molecule has 2 aliphatic rings. The summed E-state index contributed by atoms with van der Waals surface area (Å²) >= 11 is 0. The number of carbonyl (C=O) groups is 1. The van der Waals surface area contributed by atoms with Gasteiger partial charge in [-0.1, -0.05) is 18.2 Å². The second-order valence-corrected chi connectivity index (χ2v) is 8.20. The van der Waals surface area contributed by atoms with Gasteiger partial charge < -0.3 is 25.0 Å². The molecule has 0 aliphatic carbocycles. The molecule has 8 nitrogen and oxygen atoms in total. The van der Waals surface area contributed by atoms with Crippen molar-refractivity contribution in [1.29, 1.82) is 0 Å². The summed E-state index contributed by atoms with van der Waals surface area (Å²) in [5, 5.41) is 6.29. The van der Waals surface area contributed by atoms with Crippen molar-refractivity contribution in [3.05, 3.63) is 66.0 Å². The first kappa shape index (κ1) is 21.2. The van der Waals surface area contributed by atoms with E-state index in [1.807, 2.05) is 61.5 Å². The molecule has 1 fully saturated rings. The molecule has 0 radical (unpaired) electrons. The van der Waals surface area contributed by atoms with E-state index in [1.54, 1.807) is 0 Å². The minimum atomic E-state index is -0.486. The lowest BCUT2D eigenvalue weighted by molar-refractivity contribution is -0.123. The maximum Gasteiger partial charge on any atom is 0.265 e. The van der Waals surface area contributed by atoms with E-state index in [9.17, 15) is 4.79 Å². The molecule has 1 saturated heterocycles. The van der Waals surface area contributed by atoms with Gasteiger partial charge >= 0.3 is 0 Å². The van der Waals surface area contributed by atoms with E-state index in [-0.39, 0.29) is 5.91 Å². The van der Waals surface area contributed by atoms with Crippen LogP contribution in [0, 0.1) is 6.92 Å². The van der Waals surface area contributed by atoms with Gasteiger partial charge in [0.1, 0.15) is 23.2 Å². The Labute approximate surface area is 193 Å². The van der Waals surface area contributed by atoms with E-state index in [0.717, 1.165) is 53.8 Å². The predicted octanol–water partition coefficient (Wildman–Crippen LogP) is 3.70. The van der Waals surface area contributed by atoms with Crippen molar-refractivity contribution < 1.29 is 14.3 Å². The molecule has 0 spiro atoms. The summed E-state index contributed by atoms with van der Waals surface area (Å²) < 4.78 is 11.3. The number of aromatic nitrogens is 2. The van der Waals surface area contributed by atoms with E-state index < -0.39 is 6.10 Å². The van der Waals surface area contributed by atoms with E-state index in [4.69, 9.17) is 9.47 Å². The number of morpholine rings is 1. The molecule has 3 heterocycles. The molecule has 5 rings (SSSR count). The number of carbonyl (C=O) groups excluding carboxylic acids is 1. The highest BCUT2D eigenvalue weighted by atomic mass is 16.5. The number of fused-ring (bicyclic) bond motifs is 1. The number of hydrogen-bond acceptors (Lipinski definition) is 7. The summed E-state index contributed by atoms with van der Waals surface area (Å²) in [4.78, 5) is 24.0. The van der Waals surface area contributed by atoms with Crippen LogP contribution >= 0.6 is 0 Å². The number of benzene rings is 2. The molecule has 1 atom stereocenters. The number of ether oxygens (including phenoxy) is 2. The highest BCUT2D eigenvalue weighted by Crippen LogP contribution is 2.28. The Balaban J connectivity index is 1.21. The average Bonchev–Trinajstić information content (AvgIpc) is 2.85. The Bertz CT molecular complexity index is 1130. The summed E-state index contributed by atoms with van der Waals surface area (Å²) in [6.45, 7) is 4.94. The van der Waals surface area contributed by atoms with Gasteiger partial charge in [0.15, 0.2) is 6.10 Å². The van der Waals surface area contributed by atoms with Gasteiger partial charge in [-0.05, 0) is 55.7 Å². The van der Waals surface area contributed by atoms with Crippen molar-refractivity contribution in [3.63, 3.8) is 0 Å². The quantitative estimate of drug-likeness (QED) is 0.619. The Morgan fingerprint density at radius 2 is 1.79 bits per heavy atom. The normalized spacial score (nSPS) is 17.6. The number of hydrogen-bond donors (Lipinski definition) is 2. The zero-order valence-electron chi connectivity index (χ0n) is 18.6. The molecule has 2 N–H and O–H groups in total. The molecule has 3 aromatic rings. The third-order valence-corrected chi connectivity index (χ3v) is 5.79. The molecular weight excluding hydrogens is 418 g/mol. The average molecular weight is 446 g/mol. The second kappa shape index (κ2) is 9.46. The Morgan fingerprint density at radius 1 is 1.03 bits per heavy atom. The third kappa shape index (κ3) is 5.06. The second-order valence-electron chi connectivity index (χ2n) is 8.20. The van der Waals surface area contributed by atoms with Gasteiger partial charge in [0.05, 0.1) is 13.2 Å². The molecule has 1 unspecified atom stereocenters. The molecular formula is C25H27N5O3. The SMILES string of the molecule is Cc1nc(Nc2ccc(NC(=O)C3CCc4ccccc4O3)cc2)cc(N2CCOCC2)n1. The first-order valence-corrected chi connectivity index (χ1v) is 11.2. The van der Waals surface area contributed by atoms with Gasteiger partial charge in [0.25, 0.3) is 5.91 Å². The van der Waals surface area contributed by atoms with Gasteiger partial charge in [-0.15, -0.1) is 0 Å².